The Balaban J connectivity index is 1.99. The lowest BCUT2D eigenvalue weighted by atomic mass is 10.2. The molecule has 0 aliphatic carbocycles. The molecule has 3 heteroatoms. The maximum atomic E-state index is 5.61. The van der Waals surface area contributed by atoms with Crippen molar-refractivity contribution in [3.63, 3.8) is 0 Å². The van der Waals surface area contributed by atoms with Crippen LogP contribution in [0.1, 0.15) is 5.56 Å². The van der Waals surface area contributed by atoms with E-state index in [2.05, 4.69) is 4.98 Å². The average molecular weight is 231 g/mol. The highest BCUT2D eigenvalue weighted by molar-refractivity contribution is 7.98. The van der Waals surface area contributed by atoms with Crippen molar-refractivity contribution in [3.8, 4) is 5.88 Å². The molecule has 0 unspecified atom stereocenters. The lowest BCUT2D eigenvalue weighted by Gasteiger charge is -2.05. The Morgan fingerprint density at radius 2 is 1.88 bits per heavy atom. The second-order valence-corrected chi connectivity index (χ2v) is 4.12. The molecule has 0 atom stereocenters. The summed E-state index contributed by atoms with van der Waals surface area (Å²) in [5, 5.41) is 0.977. The molecular formula is C13H13NOS. The van der Waals surface area contributed by atoms with E-state index in [9.17, 15) is 0 Å². The van der Waals surface area contributed by atoms with E-state index in [1.54, 1.807) is 11.8 Å². The van der Waals surface area contributed by atoms with Crippen LogP contribution in [0, 0.1) is 0 Å². The van der Waals surface area contributed by atoms with Crippen LogP contribution >= 0.6 is 11.8 Å². The van der Waals surface area contributed by atoms with Gasteiger partial charge in [-0.3, -0.25) is 0 Å². The van der Waals surface area contributed by atoms with E-state index >= 15 is 0 Å². The summed E-state index contributed by atoms with van der Waals surface area (Å²) >= 11 is 1.61. The third-order valence-electron chi connectivity index (χ3n) is 2.14. The zero-order chi connectivity index (χ0) is 11.2. The van der Waals surface area contributed by atoms with E-state index in [1.807, 2.05) is 54.8 Å². The summed E-state index contributed by atoms with van der Waals surface area (Å²) in [7, 11) is 0. The van der Waals surface area contributed by atoms with Crippen LogP contribution in [-0.2, 0) is 6.61 Å². The van der Waals surface area contributed by atoms with Crippen molar-refractivity contribution in [1.29, 1.82) is 0 Å². The number of nitrogens with zero attached hydrogens (tertiary/aromatic N) is 1. The highest BCUT2D eigenvalue weighted by Gasteiger charge is 1.98. The van der Waals surface area contributed by atoms with Crippen molar-refractivity contribution in [3.05, 3.63) is 54.1 Å². The maximum Gasteiger partial charge on any atom is 0.214 e. The molecule has 0 aliphatic heterocycles. The van der Waals surface area contributed by atoms with Crippen LogP contribution in [0.3, 0.4) is 0 Å². The summed E-state index contributed by atoms with van der Waals surface area (Å²) in [6.07, 6.45) is 2.00. The Morgan fingerprint density at radius 3 is 2.62 bits per heavy atom. The highest BCUT2D eigenvalue weighted by atomic mass is 32.2. The Bertz CT molecular complexity index is 445. The van der Waals surface area contributed by atoms with Gasteiger partial charge < -0.3 is 4.74 Å². The number of thioether (sulfide) groups is 1. The Labute approximate surface area is 99.7 Å². The van der Waals surface area contributed by atoms with Crippen molar-refractivity contribution >= 4 is 11.8 Å². The highest BCUT2D eigenvalue weighted by Crippen LogP contribution is 2.16. The van der Waals surface area contributed by atoms with Crippen LogP contribution in [0.2, 0.25) is 0 Å². The molecule has 82 valence electrons. The fraction of sp³-hybridized carbons (Fsp3) is 0.154. The van der Waals surface area contributed by atoms with Gasteiger partial charge >= 0.3 is 0 Å². The fourth-order valence-corrected chi connectivity index (χ4v) is 1.72. The molecule has 1 heterocycles. The average Bonchev–Trinajstić information content (AvgIpc) is 2.38. The first-order valence-corrected chi connectivity index (χ1v) is 6.29. The molecule has 0 N–H and O–H groups in total. The number of aromatic nitrogens is 1. The number of ether oxygens (including phenoxy) is 1. The molecule has 0 saturated carbocycles. The molecule has 0 aliphatic rings. The first-order valence-electron chi connectivity index (χ1n) is 5.06. The smallest absolute Gasteiger partial charge is 0.214 e. The number of benzene rings is 1. The van der Waals surface area contributed by atoms with Gasteiger partial charge in [-0.2, -0.15) is 0 Å². The largest absolute Gasteiger partial charge is 0.473 e. The monoisotopic (exact) mass is 231 g/mol. The zero-order valence-electron chi connectivity index (χ0n) is 9.09. The molecule has 0 spiro atoms. The lowest BCUT2D eigenvalue weighted by molar-refractivity contribution is 0.292. The predicted molar refractivity (Wildman–Crippen MR) is 66.8 cm³/mol. The summed E-state index contributed by atoms with van der Waals surface area (Å²) in [6, 6.07) is 15.9. The minimum Gasteiger partial charge on any atom is -0.473 e. The molecule has 2 rings (SSSR count). The fourth-order valence-electron chi connectivity index (χ4n) is 1.32. The number of rotatable bonds is 4. The summed E-state index contributed by atoms with van der Waals surface area (Å²) in [4.78, 5) is 4.35. The van der Waals surface area contributed by atoms with Crippen LogP contribution in [0.25, 0.3) is 0 Å². The minimum absolute atomic E-state index is 0.561. The predicted octanol–water partition coefficient (Wildman–Crippen LogP) is 3.38. The van der Waals surface area contributed by atoms with Crippen LogP contribution in [0.5, 0.6) is 5.88 Å². The van der Waals surface area contributed by atoms with E-state index in [-0.39, 0.29) is 0 Å². The quantitative estimate of drug-likeness (QED) is 0.753. The van der Waals surface area contributed by atoms with Gasteiger partial charge in [-0.05, 0) is 17.9 Å². The third-order valence-corrected chi connectivity index (χ3v) is 2.78. The molecule has 1 aromatic carbocycles. The van der Waals surface area contributed by atoms with Crippen molar-refractivity contribution in [2.24, 2.45) is 0 Å². The second-order valence-electron chi connectivity index (χ2n) is 3.29. The van der Waals surface area contributed by atoms with Crippen molar-refractivity contribution in [2.45, 2.75) is 11.6 Å². The lowest BCUT2D eigenvalue weighted by Crippen LogP contribution is -1.97. The van der Waals surface area contributed by atoms with E-state index in [0.29, 0.717) is 12.5 Å². The van der Waals surface area contributed by atoms with Gasteiger partial charge in [0.1, 0.15) is 6.61 Å². The molecule has 2 nitrogen and oxygen atoms in total. The van der Waals surface area contributed by atoms with Gasteiger partial charge in [0.25, 0.3) is 0 Å². The van der Waals surface area contributed by atoms with Gasteiger partial charge in [-0.15, -0.1) is 11.8 Å². The van der Waals surface area contributed by atoms with E-state index in [0.717, 1.165) is 10.6 Å². The Hall–Kier alpha value is -1.48. The van der Waals surface area contributed by atoms with Crippen molar-refractivity contribution < 1.29 is 4.74 Å². The standard InChI is InChI=1S/C13H13NOS/c1-16-13-9-5-8-12(14-13)15-10-11-6-3-2-4-7-11/h2-9H,10H2,1H3. The molecule has 0 fully saturated rings. The van der Waals surface area contributed by atoms with Gasteiger partial charge in [-0.25, -0.2) is 4.98 Å². The molecular weight excluding hydrogens is 218 g/mol. The molecule has 0 radical (unpaired) electrons. The zero-order valence-corrected chi connectivity index (χ0v) is 9.91. The summed E-state index contributed by atoms with van der Waals surface area (Å²) in [5.41, 5.74) is 1.15. The molecule has 0 bridgehead atoms. The first-order chi connectivity index (χ1) is 7.88. The van der Waals surface area contributed by atoms with Gasteiger partial charge in [0.15, 0.2) is 0 Å². The first kappa shape index (κ1) is 11.0. The molecule has 0 saturated heterocycles. The normalized spacial score (nSPS) is 10.1. The van der Waals surface area contributed by atoms with Gasteiger partial charge in [0.2, 0.25) is 5.88 Å². The SMILES string of the molecule is CSc1cccc(OCc2ccccc2)n1. The number of pyridine rings is 1. The summed E-state index contributed by atoms with van der Waals surface area (Å²) in [5.74, 6) is 0.677. The molecule has 0 amide bonds. The van der Waals surface area contributed by atoms with E-state index < -0.39 is 0 Å². The number of hydrogen-bond acceptors (Lipinski definition) is 3. The van der Waals surface area contributed by atoms with Crippen LogP contribution < -0.4 is 4.74 Å². The van der Waals surface area contributed by atoms with Crippen LogP contribution in [0.4, 0.5) is 0 Å². The van der Waals surface area contributed by atoms with Crippen LogP contribution in [-0.4, -0.2) is 11.2 Å². The third kappa shape index (κ3) is 3.00. The van der Waals surface area contributed by atoms with Gasteiger partial charge in [-0.1, -0.05) is 36.4 Å². The molecule has 1 aromatic heterocycles. The van der Waals surface area contributed by atoms with Crippen molar-refractivity contribution in [2.75, 3.05) is 6.26 Å². The summed E-state index contributed by atoms with van der Waals surface area (Å²) in [6.45, 7) is 0.561. The molecule has 2 aromatic rings. The maximum absolute atomic E-state index is 5.61. The van der Waals surface area contributed by atoms with Crippen LogP contribution in [0.15, 0.2) is 53.6 Å². The van der Waals surface area contributed by atoms with Gasteiger partial charge in [0.05, 0.1) is 5.03 Å². The number of hydrogen-bond donors (Lipinski definition) is 0. The Kier molecular flexibility index (Phi) is 3.83. The second kappa shape index (κ2) is 5.56. The summed E-state index contributed by atoms with van der Waals surface area (Å²) < 4.78 is 5.61. The minimum atomic E-state index is 0.561. The van der Waals surface area contributed by atoms with Crippen molar-refractivity contribution in [1.82, 2.24) is 4.98 Å². The molecule has 16 heavy (non-hydrogen) atoms. The van der Waals surface area contributed by atoms with E-state index in [1.165, 1.54) is 0 Å². The topological polar surface area (TPSA) is 22.1 Å². The van der Waals surface area contributed by atoms with Gasteiger partial charge in [0, 0.05) is 6.07 Å². The van der Waals surface area contributed by atoms with E-state index in [4.69, 9.17) is 4.74 Å². The Morgan fingerprint density at radius 1 is 1.06 bits per heavy atom.